The molecule has 1 aliphatic heterocycles. The quantitative estimate of drug-likeness (QED) is 0.799. The van der Waals surface area contributed by atoms with Gasteiger partial charge in [0.2, 0.25) is 5.91 Å². The van der Waals surface area contributed by atoms with Crippen LogP contribution in [0.4, 0.5) is 16.2 Å². The van der Waals surface area contributed by atoms with Crippen LogP contribution in [0.3, 0.4) is 0 Å². The first-order valence-corrected chi connectivity index (χ1v) is 10.1. The van der Waals surface area contributed by atoms with E-state index in [1.165, 1.54) is 5.69 Å². The number of carbonyl (C=O) groups excluding carboxylic acids is 2. The molecule has 27 heavy (non-hydrogen) atoms. The van der Waals surface area contributed by atoms with E-state index in [1.54, 1.807) is 4.90 Å². The van der Waals surface area contributed by atoms with Gasteiger partial charge in [-0.25, -0.2) is 4.79 Å². The molecule has 1 aromatic rings. The number of carbonyl (C=O) groups is 2. The van der Waals surface area contributed by atoms with Gasteiger partial charge in [0.25, 0.3) is 0 Å². The Morgan fingerprint density at radius 1 is 1.19 bits per heavy atom. The van der Waals surface area contributed by atoms with E-state index in [4.69, 9.17) is 0 Å². The molecule has 1 aromatic carbocycles. The number of rotatable bonds is 6. The number of piperidine rings is 1. The average Bonchev–Trinajstić information content (AvgIpc) is 2.64. The molecule has 2 rings (SSSR count). The maximum absolute atomic E-state index is 12.7. The van der Waals surface area contributed by atoms with Gasteiger partial charge in [0.15, 0.2) is 0 Å². The molecular weight excluding hydrogens is 340 g/mol. The first kappa shape index (κ1) is 21.1. The molecular formula is C21H34N4O2. The summed E-state index contributed by atoms with van der Waals surface area (Å²) < 4.78 is 0. The SMILES string of the molecule is CCN(CC)c1ccc(NC(=O)C2CCN(C(=O)NC(C)C)CC2)c(C)c1. The van der Waals surface area contributed by atoms with Crippen molar-refractivity contribution in [1.29, 1.82) is 0 Å². The highest BCUT2D eigenvalue weighted by Crippen LogP contribution is 2.25. The molecule has 0 spiro atoms. The molecule has 150 valence electrons. The van der Waals surface area contributed by atoms with Crippen LogP contribution in [0.2, 0.25) is 0 Å². The molecule has 0 aliphatic carbocycles. The number of likely N-dealkylation sites (tertiary alicyclic amines) is 1. The highest BCUT2D eigenvalue weighted by Gasteiger charge is 2.27. The third-order valence-electron chi connectivity index (χ3n) is 5.16. The normalized spacial score (nSPS) is 15.0. The minimum absolute atomic E-state index is 0.0355. The third-order valence-corrected chi connectivity index (χ3v) is 5.16. The highest BCUT2D eigenvalue weighted by atomic mass is 16.2. The van der Waals surface area contributed by atoms with Gasteiger partial charge in [-0.15, -0.1) is 0 Å². The summed E-state index contributed by atoms with van der Waals surface area (Å²) in [6, 6.07) is 6.27. The van der Waals surface area contributed by atoms with E-state index in [2.05, 4.69) is 41.5 Å². The van der Waals surface area contributed by atoms with Gasteiger partial charge >= 0.3 is 6.03 Å². The predicted octanol–water partition coefficient (Wildman–Crippen LogP) is 3.61. The Morgan fingerprint density at radius 3 is 2.33 bits per heavy atom. The lowest BCUT2D eigenvalue weighted by atomic mass is 9.96. The Balaban J connectivity index is 1.92. The number of amides is 3. The fraction of sp³-hybridized carbons (Fsp3) is 0.619. The van der Waals surface area contributed by atoms with Crippen LogP contribution in [0.15, 0.2) is 18.2 Å². The summed E-state index contributed by atoms with van der Waals surface area (Å²) in [5, 5.41) is 5.99. The van der Waals surface area contributed by atoms with Crippen molar-refractivity contribution >= 4 is 23.3 Å². The number of urea groups is 1. The second-order valence-electron chi connectivity index (χ2n) is 7.53. The number of hydrogen-bond acceptors (Lipinski definition) is 3. The van der Waals surface area contributed by atoms with Crippen LogP contribution in [0.25, 0.3) is 0 Å². The maximum atomic E-state index is 12.7. The topological polar surface area (TPSA) is 64.7 Å². The minimum atomic E-state index is -0.0463. The molecule has 2 N–H and O–H groups in total. The molecule has 0 saturated carbocycles. The van der Waals surface area contributed by atoms with E-state index < -0.39 is 0 Å². The van der Waals surface area contributed by atoms with Gasteiger partial charge in [0, 0.05) is 49.5 Å². The number of anilines is 2. The van der Waals surface area contributed by atoms with E-state index in [0.29, 0.717) is 25.9 Å². The van der Waals surface area contributed by atoms with Gasteiger partial charge in [-0.05, 0) is 71.2 Å². The third kappa shape index (κ3) is 5.62. The van der Waals surface area contributed by atoms with Gasteiger partial charge in [-0.3, -0.25) is 4.79 Å². The van der Waals surface area contributed by atoms with Crippen molar-refractivity contribution in [2.75, 3.05) is 36.4 Å². The molecule has 1 fully saturated rings. The largest absolute Gasteiger partial charge is 0.372 e. The summed E-state index contributed by atoms with van der Waals surface area (Å²) in [6.45, 7) is 13.4. The zero-order chi connectivity index (χ0) is 20.0. The predicted molar refractivity (Wildman–Crippen MR) is 111 cm³/mol. The first-order chi connectivity index (χ1) is 12.8. The molecule has 0 unspecified atom stereocenters. The summed E-state index contributed by atoms with van der Waals surface area (Å²) in [5.74, 6) is 0.00701. The lowest BCUT2D eigenvalue weighted by Gasteiger charge is -2.32. The van der Waals surface area contributed by atoms with Crippen LogP contribution in [-0.2, 0) is 4.79 Å². The van der Waals surface area contributed by atoms with Crippen molar-refractivity contribution in [3.63, 3.8) is 0 Å². The van der Waals surface area contributed by atoms with Crippen LogP contribution in [0, 0.1) is 12.8 Å². The fourth-order valence-electron chi connectivity index (χ4n) is 3.49. The summed E-state index contributed by atoms with van der Waals surface area (Å²) in [7, 11) is 0. The van der Waals surface area contributed by atoms with E-state index >= 15 is 0 Å². The molecule has 0 atom stereocenters. The second kappa shape index (κ2) is 9.62. The van der Waals surface area contributed by atoms with E-state index in [0.717, 1.165) is 24.3 Å². The summed E-state index contributed by atoms with van der Waals surface area (Å²) in [6.07, 6.45) is 1.40. The summed E-state index contributed by atoms with van der Waals surface area (Å²) in [4.78, 5) is 28.8. The first-order valence-electron chi connectivity index (χ1n) is 10.1. The van der Waals surface area contributed by atoms with Gasteiger partial charge < -0.3 is 20.4 Å². The number of nitrogens with zero attached hydrogens (tertiary/aromatic N) is 2. The zero-order valence-corrected chi connectivity index (χ0v) is 17.3. The minimum Gasteiger partial charge on any atom is -0.372 e. The van der Waals surface area contributed by atoms with Crippen LogP contribution in [0.5, 0.6) is 0 Å². The average molecular weight is 375 g/mol. The Kier molecular flexibility index (Phi) is 7.51. The van der Waals surface area contributed by atoms with Gasteiger partial charge in [0.1, 0.15) is 0 Å². The molecule has 1 aliphatic rings. The summed E-state index contributed by atoms with van der Waals surface area (Å²) >= 11 is 0. The van der Waals surface area contributed by atoms with E-state index in [-0.39, 0.29) is 23.9 Å². The Labute approximate surface area is 163 Å². The lowest BCUT2D eigenvalue weighted by molar-refractivity contribution is -0.121. The molecule has 0 radical (unpaired) electrons. The van der Waals surface area contributed by atoms with Gasteiger partial charge in [0.05, 0.1) is 0 Å². The van der Waals surface area contributed by atoms with Crippen molar-refractivity contribution < 1.29 is 9.59 Å². The monoisotopic (exact) mass is 374 g/mol. The van der Waals surface area contributed by atoms with Crippen molar-refractivity contribution in [1.82, 2.24) is 10.2 Å². The van der Waals surface area contributed by atoms with Crippen LogP contribution in [0.1, 0.15) is 46.1 Å². The number of hydrogen-bond donors (Lipinski definition) is 2. The number of aryl methyl sites for hydroxylation is 1. The van der Waals surface area contributed by atoms with E-state index in [1.807, 2.05) is 26.8 Å². The zero-order valence-electron chi connectivity index (χ0n) is 17.3. The molecule has 0 aromatic heterocycles. The number of benzene rings is 1. The van der Waals surface area contributed by atoms with Gasteiger partial charge in [-0.2, -0.15) is 0 Å². The van der Waals surface area contributed by atoms with Crippen molar-refractivity contribution in [2.45, 2.75) is 53.5 Å². The molecule has 6 heteroatoms. The molecule has 3 amide bonds. The molecule has 1 saturated heterocycles. The van der Waals surface area contributed by atoms with Crippen molar-refractivity contribution in [2.24, 2.45) is 5.92 Å². The van der Waals surface area contributed by atoms with E-state index in [9.17, 15) is 9.59 Å². The maximum Gasteiger partial charge on any atom is 0.317 e. The van der Waals surface area contributed by atoms with Crippen LogP contribution >= 0.6 is 0 Å². The molecule has 0 bridgehead atoms. The van der Waals surface area contributed by atoms with Gasteiger partial charge in [-0.1, -0.05) is 0 Å². The Hall–Kier alpha value is -2.24. The fourth-order valence-corrected chi connectivity index (χ4v) is 3.49. The Bertz CT molecular complexity index is 648. The van der Waals surface area contributed by atoms with Crippen LogP contribution in [-0.4, -0.2) is 49.1 Å². The smallest absolute Gasteiger partial charge is 0.317 e. The lowest BCUT2D eigenvalue weighted by Crippen LogP contribution is -2.47. The van der Waals surface area contributed by atoms with Crippen molar-refractivity contribution in [3.8, 4) is 0 Å². The molecule has 6 nitrogen and oxygen atoms in total. The molecule has 1 heterocycles. The van der Waals surface area contributed by atoms with Crippen LogP contribution < -0.4 is 15.5 Å². The standard InChI is InChI=1S/C21H34N4O2/c1-6-24(7-2)18-8-9-19(16(5)14-18)23-20(26)17-10-12-25(13-11-17)21(27)22-15(3)4/h8-9,14-15,17H,6-7,10-13H2,1-5H3,(H,22,27)(H,23,26). The van der Waals surface area contributed by atoms with Crippen molar-refractivity contribution in [3.05, 3.63) is 23.8 Å². The summed E-state index contributed by atoms with van der Waals surface area (Å²) in [5.41, 5.74) is 3.12. The highest BCUT2D eigenvalue weighted by molar-refractivity contribution is 5.93. The Morgan fingerprint density at radius 2 is 1.81 bits per heavy atom. The second-order valence-corrected chi connectivity index (χ2v) is 7.53. The number of nitrogens with one attached hydrogen (secondary N) is 2.